The molecule has 0 heterocycles. The molecule has 174 valence electrons. The number of carbonyl (C=O) groups excluding carboxylic acids is 3. The molecule has 3 rings (SSSR count). The van der Waals surface area contributed by atoms with E-state index in [1.165, 1.54) is 43.1 Å². The van der Waals surface area contributed by atoms with Gasteiger partial charge in [0, 0.05) is 28.3 Å². The molecular weight excluding hydrogens is 458 g/mol. The lowest BCUT2D eigenvalue weighted by Gasteiger charge is -2.14. The quantitative estimate of drug-likeness (QED) is 0.206. The average Bonchev–Trinajstić information content (AvgIpc) is 2.84. The highest BCUT2D eigenvalue weighted by atomic mass is 32.2. The van der Waals surface area contributed by atoms with Crippen LogP contribution >= 0.6 is 11.8 Å². The van der Waals surface area contributed by atoms with E-state index in [1.807, 2.05) is 0 Å². The maximum absolute atomic E-state index is 12.7. The number of amides is 2. The van der Waals surface area contributed by atoms with Crippen LogP contribution in [0, 0.1) is 10.1 Å². The second kappa shape index (κ2) is 11.1. The Morgan fingerprint density at radius 2 is 1.68 bits per heavy atom. The number of nitro benzene ring substituents is 1. The lowest BCUT2D eigenvalue weighted by molar-refractivity contribution is -0.384. The molecular formula is C24H21N3O6S. The van der Waals surface area contributed by atoms with Crippen LogP contribution in [0.2, 0.25) is 0 Å². The van der Waals surface area contributed by atoms with Gasteiger partial charge in [0.1, 0.15) is 0 Å². The van der Waals surface area contributed by atoms with Crippen LogP contribution in [0.4, 0.5) is 17.1 Å². The lowest BCUT2D eigenvalue weighted by Crippen LogP contribution is -2.23. The molecule has 0 aliphatic heterocycles. The minimum absolute atomic E-state index is 0.101. The summed E-state index contributed by atoms with van der Waals surface area (Å²) in [5.74, 6) is -1.27. The van der Waals surface area contributed by atoms with E-state index >= 15 is 0 Å². The van der Waals surface area contributed by atoms with Gasteiger partial charge in [-0.1, -0.05) is 18.2 Å². The number of para-hydroxylation sites is 1. The summed E-state index contributed by atoms with van der Waals surface area (Å²) in [5.41, 5.74) is 1.30. The highest BCUT2D eigenvalue weighted by Gasteiger charge is 2.19. The van der Waals surface area contributed by atoms with Crippen molar-refractivity contribution in [2.45, 2.75) is 17.1 Å². The van der Waals surface area contributed by atoms with E-state index in [0.29, 0.717) is 11.4 Å². The number of hydrogen-bond acceptors (Lipinski definition) is 7. The third kappa shape index (κ3) is 6.20. The molecule has 0 aliphatic carbocycles. The summed E-state index contributed by atoms with van der Waals surface area (Å²) in [6.45, 7) is 1.73. The highest BCUT2D eigenvalue weighted by Crippen LogP contribution is 2.27. The Bertz CT molecular complexity index is 1230. The molecule has 2 N–H and O–H groups in total. The van der Waals surface area contributed by atoms with Crippen molar-refractivity contribution in [1.82, 2.24) is 0 Å². The molecule has 1 atom stereocenters. The fourth-order valence-electron chi connectivity index (χ4n) is 2.96. The number of nitrogens with one attached hydrogen (secondary N) is 2. The Morgan fingerprint density at radius 3 is 2.35 bits per heavy atom. The average molecular weight is 480 g/mol. The predicted molar refractivity (Wildman–Crippen MR) is 129 cm³/mol. The summed E-state index contributed by atoms with van der Waals surface area (Å²) >= 11 is 1.28. The van der Waals surface area contributed by atoms with E-state index in [-0.39, 0.29) is 22.7 Å². The number of thioether (sulfide) groups is 1. The molecule has 9 nitrogen and oxygen atoms in total. The number of rotatable bonds is 8. The molecule has 0 saturated carbocycles. The van der Waals surface area contributed by atoms with Gasteiger partial charge in [-0.3, -0.25) is 19.7 Å². The maximum Gasteiger partial charge on any atom is 0.339 e. The zero-order valence-electron chi connectivity index (χ0n) is 18.3. The second-order valence-corrected chi connectivity index (χ2v) is 8.49. The van der Waals surface area contributed by atoms with Crippen molar-refractivity contribution < 1.29 is 24.0 Å². The summed E-state index contributed by atoms with van der Waals surface area (Å²) < 4.78 is 4.75. The van der Waals surface area contributed by atoms with Crippen LogP contribution in [0.25, 0.3) is 0 Å². The van der Waals surface area contributed by atoms with Gasteiger partial charge in [0.05, 0.1) is 28.5 Å². The number of non-ortho nitro benzene ring substituents is 1. The zero-order valence-corrected chi connectivity index (χ0v) is 19.1. The Morgan fingerprint density at radius 1 is 0.971 bits per heavy atom. The number of esters is 1. The zero-order chi connectivity index (χ0) is 24.7. The van der Waals surface area contributed by atoms with Crippen molar-refractivity contribution in [2.75, 3.05) is 17.7 Å². The Kier molecular flexibility index (Phi) is 7.99. The number of ether oxygens (including phenoxy) is 1. The van der Waals surface area contributed by atoms with E-state index in [9.17, 15) is 24.5 Å². The van der Waals surface area contributed by atoms with Crippen LogP contribution in [-0.4, -0.2) is 35.1 Å². The molecule has 0 radical (unpaired) electrons. The van der Waals surface area contributed by atoms with Crippen molar-refractivity contribution in [3.05, 3.63) is 94.0 Å². The van der Waals surface area contributed by atoms with Crippen molar-refractivity contribution in [2.24, 2.45) is 0 Å². The Labute approximate surface area is 199 Å². The third-order valence-corrected chi connectivity index (χ3v) is 5.80. The fourth-order valence-corrected chi connectivity index (χ4v) is 3.88. The monoisotopic (exact) mass is 479 g/mol. The fraction of sp³-hybridized carbons (Fsp3) is 0.125. The number of hydrogen-bond donors (Lipinski definition) is 2. The molecule has 3 aromatic rings. The normalized spacial score (nSPS) is 11.2. The van der Waals surface area contributed by atoms with E-state index in [0.717, 1.165) is 4.90 Å². The first-order valence-corrected chi connectivity index (χ1v) is 11.0. The smallest absolute Gasteiger partial charge is 0.339 e. The van der Waals surface area contributed by atoms with Crippen molar-refractivity contribution in [1.29, 1.82) is 0 Å². The molecule has 0 spiro atoms. The maximum atomic E-state index is 12.7. The van der Waals surface area contributed by atoms with Gasteiger partial charge in [-0.15, -0.1) is 11.8 Å². The van der Waals surface area contributed by atoms with E-state index in [4.69, 9.17) is 4.74 Å². The Hall–Kier alpha value is -4.18. The van der Waals surface area contributed by atoms with Crippen molar-refractivity contribution in [3.8, 4) is 0 Å². The predicted octanol–water partition coefficient (Wildman–Crippen LogP) is 4.75. The standard InChI is InChI=1S/C24H21N3O6S/c1-15(22(28)26-21-9-4-3-8-20(21)24(30)33-2)34-19-7-5-6-17(14-19)25-23(29)16-10-12-18(13-11-16)27(31)32/h3-15H,1-2H3,(H,25,29)(H,26,28). The molecule has 0 bridgehead atoms. The lowest BCUT2D eigenvalue weighted by atomic mass is 10.2. The van der Waals surface area contributed by atoms with Gasteiger partial charge in [0.25, 0.3) is 11.6 Å². The molecule has 1 unspecified atom stereocenters. The van der Waals surface area contributed by atoms with Gasteiger partial charge >= 0.3 is 5.97 Å². The van der Waals surface area contributed by atoms with Gasteiger partial charge in [-0.05, 0) is 49.4 Å². The number of methoxy groups -OCH3 is 1. The van der Waals surface area contributed by atoms with Gasteiger partial charge in [-0.2, -0.15) is 0 Å². The van der Waals surface area contributed by atoms with Crippen LogP contribution in [0.1, 0.15) is 27.6 Å². The van der Waals surface area contributed by atoms with Gasteiger partial charge in [-0.25, -0.2) is 4.79 Å². The summed E-state index contributed by atoms with van der Waals surface area (Å²) in [4.78, 5) is 48.0. The van der Waals surface area contributed by atoms with E-state index in [2.05, 4.69) is 10.6 Å². The van der Waals surface area contributed by atoms with Crippen LogP contribution < -0.4 is 10.6 Å². The second-order valence-electron chi connectivity index (χ2n) is 7.07. The molecule has 0 aliphatic rings. The minimum Gasteiger partial charge on any atom is -0.465 e. The molecule has 0 aromatic heterocycles. The Balaban J connectivity index is 1.64. The van der Waals surface area contributed by atoms with Crippen LogP contribution in [0.5, 0.6) is 0 Å². The highest BCUT2D eigenvalue weighted by molar-refractivity contribution is 8.00. The van der Waals surface area contributed by atoms with Crippen molar-refractivity contribution in [3.63, 3.8) is 0 Å². The first-order chi connectivity index (χ1) is 16.3. The van der Waals surface area contributed by atoms with Gasteiger partial charge < -0.3 is 15.4 Å². The van der Waals surface area contributed by atoms with Gasteiger partial charge in [0.2, 0.25) is 5.91 Å². The largest absolute Gasteiger partial charge is 0.465 e. The van der Waals surface area contributed by atoms with Gasteiger partial charge in [0.15, 0.2) is 0 Å². The molecule has 34 heavy (non-hydrogen) atoms. The molecule has 0 saturated heterocycles. The van der Waals surface area contributed by atoms with Crippen LogP contribution in [-0.2, 0) is 9.53 Å². The van der Waals surface area contributed by atoms with Crippen LogP contribution in [0.3, 0.4) is 0 Å². The van der Waals surface area contributed by atoms with E-state index in [1.54, 1.807) is 55.5 Å². The number of anilines is 2. The molecule has 0 fully saturated rings. The summed E-state index contributed by atoms with van der Waals surface area (Å²) in [7, 11) is 1.27. The summed E-state index contributed by atoms with van der Waals surface area (Å²) in [5, 5.41) is 15.7. The molecule has 10 heteroatoms. The number of nitrogens with zero attached hydrogens (tertiary/aromatic N) is 1. The minimum atomic E-state index is -0.548. The topological polar surface area (TPSA) is 128 Å². The number of carbonyl (C=O) groups is 3. The number of benzene rings is 3. The molecule has 3 aromatic carbocycles. The first-order valence-electron chi connectivity index (χ1n) is 10.1. The SMILES string of the molecule is COC(=O)c1ccccc1NC(=O)C(C)Sc1cccc(NC(=O)c2ccc([N+](=O)[O-])cc2)c1. The summed E-state index contributed by atoms with van der Waals surface area (Å²) in [6.07, 6.45) is 0. The van der Waals surface area contributed by atoms with Crippen molar-refractivity contribution >= 4 is 46.6 Å². The van der Waals surface area contributed by atoms with Crippen LogP contribution in [0.15, 0.2) is 77.7 Å². The molecule has 2 amide bonds. The number of nitro groups is 1. The third-order valence-electron chi connectivity index (χ3n) is 4.70. The first kappa shape index (κ1) is 24.5. The van der Waals surface area contributed by atoms with E-state index < -0.39 is 22.0 Å². The summed E-state index contributed by atoms with van der Waals surface area (Å²) in [6, 6.07) is 18.8.